The Morgan fingerprint density at radius 1 is 1.25 bits per heavy atom. The van der Waals surface area contributed by atoms with Crippen LogP contribution in [0.4, 0.5) is 0 Å². The maximum absolute atomic E-state index is 11.8. The predicted octanol–water partition coefficient (Wildman–Crippen LogP) is 1.48. The fourth-order valence-electron chi connectivity index (χ4n) is 2.20. The van der Waals surface area contributed by atoms with Gasteiger partial charge in [-0.05, 0) is 38.5 Å². The van der Waals surface area contributed by atoms with Gasteiger partial charge in [0.25, 0.3) is 5.91 Å². The first kappa shape index (κ1) is 17.9. The van der Waals surface area contributed by atoms with E-state index in [1.807, 2.05) is 24.6 Å². The van der Waals surface area contributed by atoms with Gasteiger partial charge >= 0.3 is 0 Å². The van der Waals surface area contributed by atoms with Gasteiger partial charge in [0.1, 0.15) is 5.69 Å². The van der Waals surface area contributed by atoms with E-state index in [4.69, 9.17) is 11.6 Å². The second-order valence-corrected chi connectivity index (χ2v) is 5.83. The minimum Gasteiger partial charge on any atom is -0.355 e. The van der Waals surface area contributed by atoms with Crippen LogP contribution < -0.4 is 10.6 Å². The average Bonchev–Trinajstić information content (AvgIpc) is 2.87. The molecule has 0 radical (unpaired) electrons. The van der Waals surface area contributed by atoms with Crippen molar-refractivity contribution in [3.8, 4) is 0 Å². The van der Waals surface area contributed by atoms with E-state index < -0.39 is 5.91 Å². The summed E-state index contributed by atoms with van der Waals surface area (Å²) in [5.41, 5.74) is 2.26. The number of aryl methyl sites for hydroxylation is 3. The zero-order valence-corrected chi connectivity index (χ0v) is 14.4. The summed E-state index contributed by atoms with van der Waals surface area (Å²) in [6.45, 7) is 5.09. The molecule has 2 heterocycles. The lowest BCUT2D eigenvalue weighted by atomic mass is 10.3. The van der Waals surface area contributed by atoms with Gasteiger partial charge in [-0.2, -0.15) is 5.10 Å². The van der Waals surface area contributed by atoms with E-state index in [0.717, 1.165) is 24.4 Å². The van der Waals surface area contributed by atoms with Gasteiger partial charge in [-0.1, -0.05) is 11.6 Å². The maximum atomic E-state index is 11.8. The molecule has 0 atom stereocenters. The normalized spacial score (nSPS) is 10.5. The van der Waals surface area contributed by atoms with Gasteiger partial charge < -0.3 is 10.6 Å². The molecule has 0 saturated heterocycles. The number of aromatic nitrogens is 3. The first-order valence-electron chi connectivity index (χ1n) is 7.63. The summed E-state index contributed by atoms with van der Waals surface area (Å²) in [6.07, 6.45) is 2.20. The Hall–Kier alpha value is -2.41. The van der Waals surface area contributed by atoms with Gasteiger partial charge in [0.15, 0.2) is 0 Å². The highest BCUT2D eigenvalue weighted by Gasteiger charge is 2.09. The van der Waals surface area contributed by atoms with Crippen LogP contribution in [0.25, 0.3) is 0 Å². The third kappa shape index (κ3) is 5.34. The molecular weight excluding hydrogens is 330 g/mol. The third-order valence-corrected chi connectivity index (χ3v) is 3.57. The van der Waals surface area contributed by atoms with Crippen LogP contribution in [-0.4, -0.2) is 39.7 Å². The van der Waals surface area contributed by atoms with Crippen LogP contribution in [0.3, 0.4) is 0 Å². The fraction of sp³-hybridized carbons (Fsp3) is 0.375. The first-order chi connectivity index (χ1) is 11.5. The van der Waals surface area contributed by atoms with Crippen molar-refractivity contribution >= 4 is 23.4 Å². The molecule has 2 amide bonds. The van der Waals surface area contributed by atoms with Crippen LogP contribution in [0.5, 0.6) is 0 Å². The van der Waals surface area contributed by atoms with Crippen LogP contribution in [0, 0.1) is 13.8 Å². The van der Waals surface area contributed by atoms with Crippen LogP contribution in [0.15, 0.2) is 24.4 Å². The number of halogens is 1. The molecule has 2 aromatic heterocycles. The van der Waals surface area contributed by atoms with E-state index in [-0.39, 0.29) is 18.1 Å². The van der Waals surface area contributed by atoms with Gasteiger partial charge in [0.05, 0.1) is 12.2 Å². The Labute approximate surface area is 145 Å². The highest BCUT2D eigenvalue weighted by Crippen LogP contribution is 2.07. The monoisotopic (exact) mass is 349 g/mol. The molecule has 2 rings (SSSR count). The van der Waals surface area contributed by atoms with E-state index in [0.29, 0.717) is 11.6 Å². The SMILES string of the molecule is Cc1cc(C)n(CCCNC(=O)CNC(=O)c2cc(Cl)ccn2)n1. The summed E-state index contributed by atoms with van der Waals surface area (Å²) >= 11 is 5.79. The van der Waals surface area contributed by atoms with E-state index in [1.165, 1.54) is 12.3 Å². The second kappa shape index (κ2) is 8.44. The van der Waals surface area contributed by atoms with Crippen LogP contribution in [0.1, 0.15) is 28.3 Å². The van der Waals surface area contributed by atoms with E-state index in [2.05, 4.69) is 20.7 Å². The minimum absolute atomic E-state index is 0.104. The zero-order valence-electron chi connectivity index (χ0n) is 13.7. The quantitative estimate of drug-likeness (QED) is 0.741. The molecule has 0 aliphatic carbocycles. The highest BCUT2D eigenvalue weighted by atomic mass is 35.5. The highest BCUT2D eigenvalue weighted by molar-refractivity contribution is 6.30. The molecule has 0 aliphatic heterocycles. The number of hydrogen-bond acceptors (Lipinski definition) is 4. The topological polar surface area (TPSA) is 88.9 Å². The molecule has 128 valence electrons. The summed E-state index contributed by atoms with van der Waals surface area (Å²) in [6, 6.07) is 5.04. The number of amides is 2. The lowest BCUT2D eigenvalue weighted by Gasteiger charge is -2.08. The van der Waals surface area contributed by atoms with E-state index >= 15 is 0 Å². The number of carbonyl (C=O) groups excluding carboxylic acids is 2. The Kier molecular flexibility index (Phi) is 6.31. The molecule has 0 saturated carbocycles. The maximum Gasteiger partial charge on any atom is 0.270 e. The van der Waals surface area contributed by atoms with Crippen molar-refractivity contribution in [3.05, 3.63) is 46.5 Å². The lowest BCUT2D eigenvalue weighted by Crippen LogP contribution is -2.37. The number of hydrogen-bond donors (Lipinski definition) is 2. The average molecular weight is 350 g/mol. The standard InChI is InChI=1S/C16H20ClN5O2/c1-11-8-12(2)22(21-11)7-3-5-19-15(23)10-20-16(24)14-9-13(17)4-6-18-14/h4,6,8-9H,3,5,7,10H2,1-2H3,(H,19,23)(H,20,24). The smallest absolute Gasteiger partial charge is 0.270 e. The Bertz CT molecular complexity index is 729. The Balaban J connectivity index is 1.66. The van der Waals surface area contributed by atoms with E-state index in [9.17, 15) is 9.59 Å². The summed E-state index contributed by atoms with van der Waals surface area (Å²) in [5, 5.41) is 10.0. The third-order valence-electron chi connectivity index (χ3n) is 3.34. The van der Waals surface area contributed by atoms with Crippen molar-refractivity contribution in [1.82, 2.24) is 25.4 Å². The minimum atomic E-state index is -0.435. The van der Waals surface area contributed by atoms with Crippen molar-refractivity contribution < 1.29 is 9.59 Å². The van der Waals surface area contributed by atoms with Crippen LogP contribution in [0.2, 0.25) is 5.02 Å². The molecule has 8 heteroatoms. The molecule has 2 N–H and O–H groups in total. The number of nitrogens with zero attached hydrogens (tertiary/aromatic N) is 3. The van der Waals surface area contributed by atoms with Gasteiger partial charge in [0.2, 0.25) is 5.91 Å². The Morgan fingerprint density at radius 2 is 2.04 bits per heavy atom. The van der Waals surface area contributed by atoms with Crippen molar-refractivity contribution in [1.29, 1.82) is 0 Å². The predicted molar refractivity (Wildman–Crippen MR) is 90.9 cm³/mol. The second-order valence-electron chi connectivity index (χ2n) is 5.40. The van der Waals surface area contributed by atoms with Gasteiger partial charge in [-0.3, -0.25) is 19.3 Å². The van der Waals surface area contributed by atoms with Crippen LogP contribution in [-0.2, 0) is 11.3 Å². The van der Waals surface area contributed by atoms with Crippen molar-refractivity contribution in [3.63, 3.8) is 0 Å². The van der Waals surface area contributed by atoms with Crippen LogP contribution >= 0.6 is 11.6 Å². The van der Waals surface area contributed by atoms with Gasteiger partial charge in [-0.25, -0.2) is 0 Å². The summed E-state index contributed by atoms with van der Waals surface area (Å²) in [5.74, 6) is -0.686. The molecule has 24 heavy (non-hydrogen) atoms. The van der Waals surface area contributed by atoms with Crippen molar-refractivity contribution in [2.75, 3.05) is 13.1 Å². The number of nitrogens with one attached hydrogen (secondary N) is 2. The molecule has 0 bridgehead atoms. The molecule has 0 fully saturated rings. The summed E-state index contributed by atoms with van der Waals surface area (Å²) in [7, 11) is 0. The van der Waals surface area contributed by atoms with Crippen molar-refractivity contribution in [2.24, 2.45) is 0 Å². The molecular formula is C16H20ClN5O2. The van der Waals surface area contributed by atoms with Gasteiger partial charge in [-0.15, -0.1) is 0 Å². The van der Waals surface area contributed by atoms with Gasteiger partial charge in [0, 0.05) is 30.0 Å². The molecule has 0 unspecified atom stereocenters. The Morgan fingerprint density at radius 3 is 2.71 bits per heavy atom. The molecule has 0 aliphatic rings. The first-order valence-corrected chi connectivity index (χ1v) is 8.01. The molecule has 0 spiro atoms. The fourth-order valence-corrected chi connectivity index (χ4v) is 2.36. The number of pyridine rings is 1. The van der Waals surface area contributed by atoms with Crippen molar-refractivity contribution in [2.45, 2.75) is 26.8 Å². The van der Waals surface area contributed by atoms with E-state index in [1.54, 1.807) is 6.07 Å². The molecule has 0 aromatic carbocycles. The number of carbonyl (C=O) groups is 2. The molecule has 7 nitrogen and oxygen atoms in total. The summed E-state index contributed by atoms with van der Waals surface area (Å²) < 4.78 is 1.91. The largest absolute Gasteiger partial charge is 0.355 e. The number of rotatable bonds is 7. The lowest BCUT2D eigenvalue weighted by molar-refractivity contribution is -0.120. The zero-order chi connectivity index (χ0) is 17.5. The summed E-state index contributed by atoms with van der Waals surface area (Å²) in [4.78, 5) is 27.5. The molecule has 2 aromatic rings.